The molecule has 0 aliphatic carbocycles. The van der Waals surface area contributed by atoms with Gasteiger partial charge in [-0.05, 0) is 24.6 Å². The Morgan fingerprint density at radius 1 is 1.38 bits per heavy atom. The van der Waals surface area contributed by atoms with Gasteiger partial charge in [-0.2, -0.15) is 5.26 Å². The van der Waals surface area contributed by atoms with Crippen LogP contribution in [0.15, 0.2) is 40.5 Å². The topological polar surface area (TPSA) is 108 Å². The highest BCUT2D eigenvalue weighted by molar-refractivity contribution is 7.99. The van der Waals surface area contributed by atoms with Crippen LogP contribution in [0.3, 0.4) is 0 Å². The van der Waals surface area contributed by atoms with Gasteiger partial charge in [0.15, 0.2) is 17.5 Å². The Morgan fingerprint density at radius 2 is 2.17 bits per heavy atom. The monoisotopic (exact) mass is 339 g/mol. The predicted octanol–water partition coefficient (Wildman–Crippen LogP) is 2.03. The van der Waals surface area contributed by atoms with Crippen molar-refractivity contribution in [3.63, 3.8) is 0 Å². The van der Waals surface area contributed by atoms with Gasteiger partial charge in [0, 0.05) is 23.8 Å². The second-order valence-corrected chi connectivity index (χ2v) is 6.19. The van der Waals surface area contributed by atoms with E-state index < -0.39 is 17.6 Å². The zero-order valence-electron chi connectivity index (χ0n) is 12.7. The highest BCUT2D eigenvalue weighted by atomic mass is 32.2. The number of anilines is 2. The second-order valence-electron chi connectivity index (χ2n) is 5.16. The summed E-state index contributed by atoms with van der Waals surface area (Å²) < 4.78 is 0. The maximum absolute atomic E-state index is 11.8. The van der Waals surface area contributed by atoms with E-state index in [9.17, 15) is 9.59 Å². The summed E-state index contributed by atoms with van der Waals surface area (Å²) in [6.07, 6.45) is 3.26. The Morgan fingerprint density at radius 3 is 2.92 bits per heavy atom. The first-order valence-electron chi connectivity index (χ1n) is 7.15. The van der Waals surface area contributed by atoms with E-state index >= 15 is 0 Å². The van der Waals surface area contributed by atoms with Gasteiger partial charge in [-0.1, -0.05) is 17.8 Å². The fraction of sp³-hybridized carbons (Fsp3) is 0.188. The first-order valence-corrected chi connectivity index (χ1v) is 7.96. The second kappa shape index (κ2) is 6.68. The van der Waals surface area contributed by atoms with Crippen LogP contribution in [0, 0.1) is 17.2 Å². The molecule has 0 saturated carbocycles. The fourth-order valence-electron chi connectivity index (χ4n) is 2.22. The van der Waals surface area contributed by atoms with Gasteiger partial charge >= 0.3 is 0 Å². The minimum Gasteiger partial charge on any atom is -0.350 e. The van der Waals surface area contributed by atoms with Crippen molar-refractivity contribution < 1.29 is 9.59 Å². The van der Waals surface area contributed by atoms with Gasteiger partial charge in [0.1, 0.15) is 5.03 Å². The number of nitriles is 1. The van der Waals surface area contributed by atoms with Gasteiger partial charge in [-0.25, -0.2) is 9.97 Å². The van der Waals surface area contributed by atoms with Crippen molar-refractivity contribution in [1.29, 1.82) is 5.26 Å². The summed E-state index contributed by atoms with van der Waals surface area (Å²) in [5, 5.41) is 15.5. The van der Waals surface area contributed by atoms with Crippen LogP contribution in [0.25, 0.3) is 0 Å². The van der Waals surface area contributed by atoms with Crippen LogP contribution in [0.5, 0.6) is 0 Å². The molecule has 1 amide bonds. The zero-order chi connectivity index (χ0) is 17.1. The SMILES string of the molecule is CC(=O)C(C#N)C(=O)NCc1ccc2c(c1)Nc1nccnc1S2. The molecule has 8 heteroatoms. The first kappa shape index (κ1) is 16.0. The molecule has 2 heterocycles. The Hall–Kier alpha value is -2.92. The van der Waals surface area contributed by atoms with Crippen molar-refractivity contribution in [2.45, 2.75) is 23.4 Å². The van der Waals surface area contributed by atoms with Crippen molar-refractivity contribution in [3.8, 4) is 6.07 Å². The molecule has 0 bridgehead atoms. The molecular weight excluding hydrogens is 326 g/mol. The maximum atomic E-state index is 11.8. The Labute approximate surface area is 142 Å². The van der Waals surface area contributed by atoms with Crippen molar-refractivity contribution >= 4 is 35.0 Å². The summed E-state index contributed by atoms with van der Waals surface area (Å²) in [4.78, 5) is 32.6. The molecule has 2 N–H and O–H groups in total. The molecule has 0 spiro atoms. The van der Waals surface area contributed by atoms with E-state index in [1.54, 1.807) is 18.5 Å². The number of ketones is 1. The van der Waals surface area contributed by atoms with Crippen LogP contribution in [0.4, 0.5) is 11.5 Å². The van der Waals surface area contributed by atoms with Crippen LogP contribution < -0.4 is 10.6 Å². The zero-order valence-corrected chi connectivity index (χ0v) is 13.6. The van der Waals surface area contributed by atoms with Gasteiger partial charge in [0.25, 0.3) is 0 Å². The average molecular weight is 339 g/mol. The van der Waals surface area contributed by atoms with E-state index in [0.29, 0.717) is 5.82 Å². The van der Waals surface area contributed by atoms with Gasteiger partial charge in [-0.3, -0.25) is 9.59 Å². The molecule has 7 nitrogen and oxygen atoms in total. The van der Waals surface area contributed by atoms with Crippen LogP contribution >= 0.6 is 11.8 Å². The van der Waals surface area contributed by atoms with E-state index in [2.05, 4.69) is 20.6 Å². The number of benzene rings is 1. The number of fused-ring (bicyclic) bond motifs is 2. The number of rotatable bonds is 4. The standard InChI is InChI=1S/C16H13N5O2S/c1-9(22)11(7-17)15(23)20-8-10-2-3-13-12(6-10)21-14-16(24-13)19-5-4-18-14/h2-6,11H,8H2,1H3,(H,18,21)(H,20,23). The number of carbonyl (C=O) groups is 2. The lowest BCUT2D eigenvalue weighted by Crippen LogP contribution is -2.33. The average Bonchev–Trinajstić information content (AvgIpc) is 2.58. The molecule has 0 fully saturated rings. The Bertz CT molecular complexity index is 862. The molecule has 0 radical (unpaired) electrons. The quantitative estimate of drug-likeness (QED) is 0.700. The smallest absolute Gasteiger partial charge is 0.245 e. The number of nitrogens with one attached hydrogen (secondary N) is 2. The van der Waals surface area contributed by atoms with Crippen LogP contribution in [0.1, 0.15) is 12.5 Å². The lowest BCUT2D eigenvalue weighted by atomic mass is 10.1. The summed E-state index contributed by atoms with van der Waals surface area (Å²) in [6, 6.07) is 7.41. The number of carbonyl (C=O) groups excluding carboxylic acids is 2. The number of amides is 1. The summed E-state index contributed by atoms with van der Waals surface area (Å²) in [7, 11) is 0. The molecule has 1 aliphatic heterocycles. The van der Waals surface area contributed by atoms with E-state index in [0.717, 1.165) is 21.2 Å². The largest absolute Gasteiger partial charge is 0.350 e. The third-order valence-electron chi connectivity index (χ3n) is 3.43. The normalized spacial score (nSPS) is 12.8. The Balaban J connectivity index is 1.71. The van der Waals surface area contributed by atoms with E-state index in [1.807, 2.05) is 18.2 Å². The Kier molecular flexibility index (Phi) is 4.44. The molecule has 0 saturated heterocycles. The molecule has 3 rings (SSSR count). The molecule has 1 aliphatic rings. The van der Waals surface area contributed by atoms with Crippen LogP contribution in [0.2, 0.25) is 0 Å². The molecule has 1 aromatic heterocycles. The van der Waals surface area contributed by atoms with Gasteiger partial charge in [0.05, 0.1) is 11.8 Å². The van der Waals surface area contributed by atoms with E-state index in [1.165, 1.54) is 18.7 Å². The van der Waals surface area contributed by atoms with Crippen molar-refractivity contribution in [1.82, 2.24) is 15.3 Å². The molecule has 120 valence electrons. The fourth-order valence-corrected chi connectivity index (χ4v) is 3.09. The van der Waals surface area contributed by atoms with Crippen LogP contribution in [-0.2, 0) is 16.1 Å². The number of hydrogen-bond acceptors (Lipinski definition) is 7. The number of nitrogens with zero attached hydrogens (tertiary/aromatic N) is 3. The predicted molar refractivity (Wildman–Crippen MR) is 87.5 cm³/mol. The molecule has 24 heavy (non-hydrogen) atoms. The van der Waals surface area contributed by atoms with Gasteiger partial charge in [0.2, 0.25) is 5.91 Å². The van der Waals surface area contributed by atoms with Gasteiger partial charge < -0.3 is 10.6 Å². The molecule has 1 aromatic carbocycles. The summed E-state index contributed by atoms with van der Waals surface area (Å²) in [6.45, 7) is 1.46. The third-order valence-corrected chi connectivity index (χ3v) is 4.50. The minimum atomic E-state index is -1.27. The molecule has 1 unspecified atom stereocenters. The van der Waals surface area contributed by atoms with Crippen molar-refractivity contribution in [3.05, 3.63) is 36.2 Å². The summed E-state index contributed by atoms with van der Waals surface area (Å²) in [5.41, 5.74) is 1.73. The van der Waals surface area contributed by atoms with E-state index in [4.69, 9.17) is 5.26 Å². The van der Waals surface area contributed by atoms with Crippen molar-refractivity contribution in [2.75, 3.05) is 5.32 Å². The maximum Gasteiger partial charge on any atom is 0.245 e. The summed E-state index contributed by atoms with van der Waals surface area (Å²) in [5.74, 6) is -1.62. The molecule has 1 atom stereocenters. The molecular formula is C16H13N5O2S. The van der Waals surface area contributed by atoms with E-state index in [-0.39, 0.29) is 6.54 Å². The summed E-state index contributed by atoms with van der Waals surface area (Å²) >= 11 is 1.52. The highest BCUT2D eigenvalue weighted by Crippen LogP contribution is 2.41. The van der Waals surface area contributed by atoms with Gasteiger partial charge in [-0.15, -0.1) is 0 Å². The number of aromatic nitrogens is 2. The number of Topliss-reactive ketones (excluding diaryl/α,β-unsaturated/α-hetero) is 1. The number of hydrogen-bond donors (Lipinski definition) is 2. The lowest BCUT2D eigenvalue weighted by molar-refractivity contribution is -0.130. The van der Waals surface area contributed by atoms with Crippen molar-refractivity contribution in [2.24, 2.45) is 5.92 Å². The van der Waals surface area contributed by atoms with Crippen LogP contribution in [-0.4, -0.2) is 21.7 Å². The third kappa shape index (κ3) is 3.21. The first-order chi connectivity index (χ1) is 11.6. The minimum absolute atomic E-state index is 0.233. The molecule has 2 aromatic rings. The highest BCUT2D eigenvalue weighted by Gasteiger charge is 2.22. The lowest BCUT2D eigenvalue weighted by Gasteiger charge is -2.19.